The Balaban J connectivity index is 1.71. The zero-order chi connectivity index (χ0) is 17.1. The number of carbonyl (C=O) groups excluding carboxylic acids is 2. The van der Waals surface area contributed by atoms with Gasteiger partial charge in [-0.2, -0.15) is 5.10 Å². The highest BCUT2D eigenvalue weighted by molar-refractivity contribution is 8.00. The molecule has 0 saturated heterocycles. The summed E-state index contributed by atoms with van der Waals surface area (Å²) in [6, 6.07) is 9.41. The minimum absolute atomic E-state index is 0.00324. The molecule has 1 aliphatic heterocycles. The summed E-state index contributed by atoms with van der Waals surface area (Å²) < 4.78 is 1.77. The molecule has 1 aromatic heterocycles. The summed E-state index contributed by atoms with van der Waals surface area (Å²) in [7, 11) is 0. The van der Waals surface area contributed by atoms with Crippen LogP contribution in [-0.2, 0) is 16.1 Å². The van der Waals surface area contributed by atoms with Gasteiger partial charge < -0.3 is 10.2 Å². The number of carbonyl (C=O) groups is 2. The molecule has 126 valence electrons. The third-order valence-electron chi connectivity index (χ3n) is 3.63. The van der Waals surface area contributed by atoms with Crippen LogP contribution in [0.1, 0.15) is 13.8 Å². The van der Waals surface area contributed by atoms with Gasteiger partial charge in [0.1, 0.15) is 12.4 Å². The highest BCUT2D eigenvalue weighted by Gasteiger charge is 2.26. The van der Waals surface area contributed by atoms with E-state index < -0.39 is 0 Å². The second-order valence-electron chi connectivity index (χ2n) is 6.08. The van der Waals surface area contributed by atoms with E-state index in [2.05, 4.69) is 24.3 Å². The maximum atomic E-state index is 12.4. The second kappa shape index (κ2) is 7.09. The minimum atomic E-state index is -0.226. The van der Waals surface area contributed by atoms with Crippen molar-refractivity contribution in [1.82, 2.24) is 9.78 Å². The standard InChI is InChI=1S/C17H20N4O2S/c1-12(2)9-21-15(7-8-18-21)19-16(22)10-20-13-5-3-4-6-14(13)24-11-17(20)23/h3-8,12H,9-11H2,1-2H3,(H,19,22). The summed E-state index contributed by atoms with van der Waals surface area (Å²) in [6.07, 6.45) is 1.66. The van der Waals surface area contributed by atoms with Gasteiger partial charge in [0.05, 0.1) is 17.6 Å². The van der Waals surface area contributed by atoms with E-state index in [-0.39, 0.29) is 18.4 Å². The average Bonchev–Trinajstić information content (AvgIpc) is 2.96. The molecule has 0 saturated carbocycles. The fourth-order valence-corrected chi connectivity index (χ4v) is 3.52. The molecule has 0 atom stereocenters. The summed E-state index contributed by atoms with van der Waals surface area (Å²) in [6.45, 7) is 4.91. The van der Waals surface area contributed by atoms with Crippen molar-refractivity contribution in [3.8, 4) is 0 Å². The Hall–Kier alpha value is -2.28. The lowest BCUT2D eigenvalue weighted by Gasteiger charge is -2.28. The van der Waals surface area contributed by atoms with E-state index in [1.165, 1.54) is 11.8 Å². The van der Waals surface area contributed by atoms with Crippen molar-refractivity contribution < 1.29 is 9.59 Å². The molecule has 1 N–H and O–H groups in total. The molecule has 0 aliphatic carbocycles. The Morgan fingerprint density at radius 1 is 1.33 bits per heavy atom. The molecule has 2 amide bonds. The fourth-order valence-electron chi connectivity index (χ4n) is 2.58. The predicted octanol–water partition coefficient (Wildman–Crippen LogP) is 2.62. The molecule has 2 heterocycles. The van der Waals surface area contributed by atoms with Crippen LogP contribution in [0.3, 0.4) is 0 Å². The van der Waals surface area contributed by atoms with Crippen LogP contribution < -0.4 is 10.2 Å². The van der Waals surface area contributed by atoms with Crippen molar-refractivity contribution in [2.45, 2.75) is 25.3 Å². The number of para-hydroxylation sites is 1. The SMILES string of the molecule is CC(C)Cn1nccc1NC(=O)CN1C(=O)CSc2ccccc21. The summed E-state index contributed by atoms with van der Waals surface area (Å²) >= 11 is 1.51. The van der Waals surface area contributed by atoms with Gasteiger partial charge in [0, 0.05) is 17.5 Å². The molecule has 0 spiro atoms. The van der Waals surface area contributed by atoms with Crippen molar-refractivity contribution in [3.63, 3.8) is 0 Å². The van der Waals surface area contributed by atoms with Crippen LogP contribution in [0.25, 0.3) is 0 Å². The number of aromatic nitrogens is 2. The summed E-state index contributed by atoms with van der Waals surface area (Å²) in [5, 5.41) is 7.08. The number of amides is 2. The Morgan fingerprint density at radius 2 is 2.12 bits per heavy atom. The van der Waals surface area contributed by atoms with Crippen LogP contribution in [0.5, 0.6) is 0 Å². The Kier molecular flexibility index (Phi) is 4.89. The van der Waals surface area contributed by atoms with E-state index >= 15 is 0 Å². The van der Waals surface area contributed by atoms with Gasteiger partial charge in [0.25, 0.3) is 0 Å². The lowest BCUT2D eigenvalue weighted by Crippen LogP contribution is -2.41. The van der Waals surface area contributed by atoms with Crippen molar-refractivity contribution in [3.05, 3.63) is 36.5 Å². The molecule has 1 aliphatic rings. The van der Waals surface area contributed by atoms with E-state index in [1.807, 2.05) is 24.3 Å². The van der Waals surface area contributed by atoms with E-state index in [4.69, 9.17) is 0 Å². The number of rotatable bonds is 5. The van der Waals surface area contributed by atoms with Gasteiger partial charge in [-0.3, -0.25) is 9.59 Å². The molecule has 0 unspecified atom stereocenters. The molecule has 2 aromatic rings. The van der Waals surface area contributed by atoms with Crippen LogP contribution in [0, 0.1) is 5.92 Å². The van der Waals surface area contributed by atoms with E-state index in [0.29, 0.717) is 17.5 Å². The molecule has 0 fully saturated rings. The molecule has 6 nitrogen and oxygen atoms in total. The van der Waals surface area contributed by atoms with Crippen molar-refractivity contribution in [2.24, 2.45) is 5.92 Å². The number of nitrogens with one attached hydrogen (secondary N) is 1. The number of hydrogen-bond donors (Lipinski definition) is 1. The normalized spacial score (nSPS) is 14.0. The van der Waals surface area contributed by atoms with Gasteiger partial charge in [-0.15, -0.1) is 11.8 Å². The molecule has 24 heavy (non-hydrogen) atoms. The zero-order valence-electron chi connectivity index (χ0n) is 13.7. The largest absolute Gasteiger partial charge is 0.309 e. The molecular weight excluding hydrogens is 324 g/mol. The van der Waals surface area contributed by atoms with Crippen LogP contribution in [0.15, 0.2) is 41.4 Å². The lowest BCUT2D eigenvalue weighted by molar-refractivity contribution is -0.120. The Labute approximate surface area is 145 Å². The molecule has 7 heteroatoms. The van der Waals surface area contributed by atoms with Gasteiger partial charge in [0.2, 0.25) is 11.8 Å². The minimum Gasteiger partial charge on any atom is -0.309 e. The van der Waals surface area contributed by atoms with E-state index in [1.54, 1.807) is 21.8 Å². The first-order valence-corrected chi connectivity index (χ1v) is 8.87. The molecule has 3 rings (SSSR count). The van der Waals surface area contributed by atoms with Gasteiger partial charge in [0.15, 0.2) is 0 Å². The maximum absolute atomic E-state index is 12.4. The highest BCUT2D eigenvalue weighted by Crippen LogP contribution is 2.34. The lowest BCUT2D eigenvalue weighted by atomic mass is 10.2. The second-order valence-corrected chi connectivity index (χ2v) is 7.09. The molecule has 0 bridgehead atoms. The van der Waals surface area contributed by atoms with Crippen LogP contribution in [0.2, 0.25) is 0 Å². The summed E-state index contributed by atoms with van der Waals surface area (Å²) in [5.74, 6) is 1.16. The number of thioether (sulfide) groups is 1. The van der Waals surface area contributed by atoms with Crippen LogP contribution in [0.4, 0.5) is 11.5 Å². The highest BCUT2D eigenvalue weighted by atomic mass is 32.2. The number of benzene rings is 1. The van der Waals surface area contributed by atoms with E-state index in [0.717, 1.165) is 17.1 Å². The monoisotopic (exact) mass is 344 g/mol. The number of hydrogen-bond acceptors (Lipinski definition) is 4. The van der Waals surface area contributed by atoms with Gasteiger partial charge in [-0.1, -0.05) is 26.0 Å². The Morgan fingerprint density at radius 3 is 2.92 bits per heavy atom. The number of anilines is 2. The smallest absolute Gasteiger partial charge is 0.245 e. The molecule has 1 aromatic carbocycles. The van der Waals surface area contributed by atoms with E-state index in [9.17, 15) is 9.59 Å². The fraction of sp³-hybridized carbons (Fsp3) is 0.353. The van der Waals surface area contributed by atoms with Crippen molar-refractivity contribution >= 4 is 35.1 Å². The maximum Gasteiger partial charge on any atom is 0.245 e. The van der Waals surface area contributed by atoms with Gasteiger partial charge in [-0.05, 0) is 18.1 Å². The third-order valence-corrected chi connectivity index (χ3v) is 4.68. The third kappa shape index (κ3) is 3.62. The topological polar surface area (TPSA) is 67.2 Å². The number of nitrogens with zero attached hydrogens (tertiary/aromatic N) is 3. The summed E-state index contributed by atoms with van der Waals surface area (Å²) in [5.41, 5.74) is 0.796. The average molecular weight is 344 g/mol. The predicted molar refractivity (Wildman–Crippen MR) is 95.2 cm³/mol. The van der Waals surface area contributed by atoms with Crippen molar-refractivity contribution in [1.29, 1.82) is 0 Å². The van der Waals surface area contributed by atoms with Crippen LogP contribution in [-0.4, -0.2) is 33.9 Å². The first-order chi connectivity index (χ1) is 11.5. The first kappa shape index (κ1) is 16.6. The van der Waals surface area contributed by atoms with Gasteiger partial charge in [-0.25, -0.2) is 4.68 Å². The molecule has 0 radical (unpaired) electrons. The van der Waals surface area contributed by atoms with Gasteiger partial charge >= 0.3 is 0 Å². The zero-order valence-corrected chi connectivity index (χ0v) is 14.5. The quantitative estimate of drug-likeness (QED) is 0.905. The number of fused-ring (bicyclic) bond motifs is 1. The first-order valence-electron chi connectivity index (χ1n) is 7.88. The molecular formula is C17H20N4O2S. The van der Waals surface area contributed by atoms with Crippen molar-refractivity contribution in [2.75, 3.05) is 22.5 Å². The van der Waals surface area contributed by atoms with Crippen LogP contribution >= 0.6 is 11.8 Å². The Bertz CT molecular complexity index is 757. The summed E-state index contributed by atoms with van der Waals surface area (Å²) in [4.78, 5) is 27.2.